The van der Waals surface area contributed by atoms with Crippen LogP contribution in [-0.2, 0) is 0 Å². The second-order valence-electron chi connectivity index (χ2n) is 6.65. The molecule has 0 unspecified atom stereocenters. The van der Waals surface area contributed by atoms with Gasteiger partial charge in [-0.05, 0) is 12.1 Å². The average molecular weight is 387 g/mol. The van der Waals surface area contributed by atoms with E-state index in [1.807, 2.05) is 25.1 Å². The van der Waals surface area contributed by atoms with Crippen molar-refractivity contribution in [1.82, 2.24) is 10.9 Å². The number of phenolic OH excluding ortho intramolecular Hbond substituents is 1. The lowest BCUT2D eigenvalue weighted by Crippen LogP contribution is -2.54. The fourth-order valence-electron chi connectivity index (χ4n) is 3.70. The Balaban J connectivity index is 1.82. The Kier molecular flexibility index (Phi) is 4.52. The van der Waals surface area contributed by atoms with Gasteiger partial charge in [-0.1, -0.05) is 19.1 Å². The molecule has 5 N–H and O–H groups in total. The van der Waals surface area contributed by atoms with Gasteiger partial charge in [-0.25, -0.2) is 4.79 Å². The number of amides is 2. The number of aromatic hydroxyl groups is 1. The van der Waals surface area contributed by atoms with Gasteiger partial charge in [0.05, 0.1) is 7.11 Å². The van der Waals surface area contributed by atoms with E-state index in [-0.39, 0.29) is 24.4 Å². The summed E-state index contributed by atoms with van der Waals surface area (Å²) in [7, 11) is 1.50. The summed E-state index contributed by atoms with van der Waals surface area (Å²) in [4.78, 5) is 11.1. The van der Waals surface area contributed by atoms with Crippen LogP contribution in [0.15, 0.2) is 30.3 Å². The Bertz CT molecular complexity index is 919. The Hall–Kier alpha value is -3.33. The zero-order valence-electron chi connectivity index (χ0n) is 15.4. The van der Waals surface area contributed by atoms with E-state index in [0.29, 0.717) is 28.6 Å². The minimum absolute atomic E-state index is 0.0500. The molecular formula is C19H21N3O6. The first-order valence-electron chi connectivity index (χ1n) is 8.76. The largest absolute Gasteiger partial charge is 0.504 e. The normalized spacial score (nSPS) is 22.1. The SMILES string of the molecule is COc1cccc([C@@H]2c3cc4c(cc3O[C@H](NNC(N)=O)[C@H]2C)OCO4)c1O. The zero-order chi connectivity index (χ0) is 19.8. The predicted molar refractivity (Wildman–Crippen MR) is 98.5 cm³/mol. The first kappa shape index (κ1) is 18.1. The number of fused-ring (bicyclic) bond motifs is 2. The van der Waals surface area contributed by atoms with E-state index in [1.165, 1.54) is 7.11 Å². The van der Waals surface area contributed by atoms with Crippen molar-refractivity contribution in [3.63, 3.8) is 0 Å². The molecule has 2 aliphatic rings. The number of phenols is 1. The highest BCUT2D eigenvalue weighted by Crippen LogP contribution is 2.51. The summed E-state index contributed by atoms with van der Waals surface area (Å²) in [5, 5.41) is 10.8. The van der Waals surface area contributed by atoms with Gasteiger partial charge in [0, 0.05) is 29.0 Å². The maximum Gasteiger partial charge on any atom is 0.326 e. The zero-order valence-corrected chi connectivity index (χ0v) is 15.4. The summed E-state index contributed by atoms with van der Waals surface area (Å²) in [6.45, 7) is 2.07. The Labute approximate surface area is 161 Å². The number of carbonyl (C=O) groups excluding carboxylic acids is 1. The molecular weight excluding hydrogens is 366 g/mol. The van der Waals surface area contributed by atoms with Crippen molar-refractivity contribution < 1.29 is 28.8 Å². The number of carbonyl (C=O) groups is 1. The van der Waals surface area contributed by atoms with Gasteiger partial charge >= 0.3 is 6.03 Å². The number of primary amides is 1. The van der Waals surface area contributed by atoms with Gasteiger partial charge in [0.2, 0.25) is 6.79 Å². The van der Waals surface area contributed by atoms with Crippen LogP contribution in [0.2, 0.25) is 0 Å². The van der Waals surface area contributed by atoms with E-state index in [4.69, 9.17) is 24.7 Å². The van der Waals surface area contributed by atoms with Crippen LogP contribution >= 0.6 is 0 Å². The number of urea groups is 1. The third-order valence-corrected chi connectivity index (χ3v) is 5.02. The predicted octanol–water partition coefficient (Wildman–Crippen LogP) is 1.79. The van der Waals surface area contributed by atoms with Crippen molar-refractivity contribution in [2.45, 2.75) is 19.1 Å². The molecule has 0 spiro atoms. The van der Waals surface area contributed by atoms with Crippen molar-refractivity contribution in [2.75, 3.05) is 13.9 Å². The van der Waals surface area contributed by atoms with Crippen LogP contribution in [0.4, 0.5) is 4.79 Å². The van der Waals surface area contributed by atoms with E-state index in [1.54, 1.807) is 12.1 Å². The molecule has 2 aliphatic heterocycles. The van der Waals surface area contributed by atoms with Gasteiger partial charge in [0.25, 0.3) is 0 Å². The van der Waals surface area contributed by atoms with Crippen LogP contribution < -0.4 is 35.5 Å². The summed E-state index contributed by atoms with van der Waals surface area (Å²) < 4.78 is 22.3. The molecule has 2 amide bonds. The van der Waals surface area contributed by atoms with Gasteiger partial charge in [0.15, 0.2) is 29.2 Å². The molecule has 2 aromatic rings. The van der Waals surface area contributed by atoms with Crippen molar-refractivity contribution in [2.24, 2.45) is 11.7 Å². The Morgan fingerprint density at radius 1 is 1.21 bits per heavy atom. The Morgan fingerprint density at radius 2 is 1.96 bits per heavy atom. The topological polar surface area (TPSA) is 124 Å². The fraction of sp³-hybridized carbons (Fsp3) is 0.316. The highest BCUT2D eigenvalue weighted by molar-refractivity contribution is 5.71. The highest BCUT2D eigenvalue weighted by atomic mass is 16.7. The molecule has 148 valence electrons. The number of ether oxygens (including phenoxy) is 4. The lowest BCUT2D eigenvalue weighted by atomic mass is 9.78. The molecule has 9 nitrogen and oxygen atoms in total. The van der Waals surface area contributed by atoms with Crippen LogP contribution in [0, 0.1) is 5.92 Å². The Morgan fingerprint density at radius 3 is 2.68 bits per heavy atom. The number of rotatable bonds is 4. The lowest BCUT2D eigenvalue weighted by molar-refractivity contribution is 0.0687. The van der Waals surface area contributed by atoms with Gasteiger partial charge in [-0.15, -0.1) is 0 Å². The van der Waals surface area contributed by atoms with E-state index < -0.39 is 12.3 Å². The first-order valence-corrected chi connectivity index (χ1v) is 8.76. The molecule has 2 aromatic carbocycles. The van der Waals surface area contributed by atoms with Crippen molar-refractivity contribution in [1.29, 1.82) is 0 Å². The van der Waals surface area contributed by atoms with E-state index in [0.717, 1.165) is 5.56 Å². The molecule has 28 heavy (non-hydrogen) atoms. The van der Waals surface area contributed by atoms with Crippen molar-refractivity contribution in [3.05, 3.63) is 41.5 Å². The molecule has 0 fully saturated rings. The van der Waals surface area contributed by atoms with Crippen LogP contribution in [0.3, 0.4) is 0 Å². The quantitative estimate of drug-likeness (QED) is 0.590. The van der Waals surface area contributed by atoms with Gasteiger partial charge < -0.3 is 29.8 Å². The standard InChI is InChI=1S/C19H21N3O6/c1-9-16(10-4-3-5-12(25-2)17(10)23)11-6-14-15(27-8-26-14)7-13(11)28-18(9)21-22-19(20)24/h3-7,9,16,18,21,23H,8H2,1-2H3,(H3,20,22,24)/t9-,16+,18-/m0/s1. The first-order chi connectivity index (χ1) is 13.5. The van der Waals surface area contributed by atoms with Crippen LogP contribution in [0.1, 0.15) is 24.0 Å². The number of hydrogen-bond acceptors (Lipinski definition) is 7. The number of para-hydroxylation sites is 1. The summed E-state index contributed by atoms with van der Waals surface area (Å²) in [6, 6.07) is 8.20. The maximum atomic E-state index is 11.1. The van der Waals surface area contributed by atoms with Crippen LogP contribution in [-0.4, -0.2) is 31.3 Å². The number of methoxy groups -OCH3 is 1. The minimum Gasteiger partial charge on any atom is -0.504 e. The third kappa shape index (κ3) is 2.99. The highest BCUT2D eigenvalue weighted by Gasteiger charge is 2.39. The van der Waals surface area contributed by atoms with Gasteiger partial charge in [-0.2, -0.15) is 5.43 Å². The maximum absolute atomic E-state index is 11.1. The fourth-order valence-corrected chi connectivity index (χ4v) is 3.70. The second-order valence-corrected chi connectivity index (χ2v) is 6.65. The molecule has 3 atom stereocenters. The molecule has 4 rings (SSSR count). The number of benzene rings is 2. The lowest BCUT2D eigenvalue weighted by Gasteiger charge is -2.38. The molecule has 0 aliphatic carbocycles. The summed E-state index contributed by atoms with van der Waals surface area (Å²) in [5.41, 5.74) is 11.8. The molecule has 0 saturated carbocycles. The minimum atomic E-state index is -0.729. The summed E-state index contributed by atoms with van der Waals surface area (Å²) in [5.74, 6) is 1.69. The van der Waals surface area contributed by atoms with Crippen LogP contribution in [0.5, 0.6) is 28.7 Å². The van der Waals surface area contributed by atoms with Gasteiger partial charge in [0.1, 0.15) is 5.75 Å². The molecule has 0 radical (unpaired) electrons. The van der Waals surface area contributed by atoms with E-state index >= 15 is 0 Å². The average Bonchev–Trinajstić information content (AvgIpc) is 3.13. The molecule has 2 heterocycles. The van der Waals surface area contributed by atoms with E-state index in [2.05, 4.69) is 10.9 Å². The van der Waals surface area contributed by atoms with Gasteiger partial charge in [-0.3, -0.25) is 5.43 Å². The summed E-state index contributed by atoms with van der Waals surface area (Å²) in [6.07, 6.45) is -0.601. The summed E-state index contributed by atoms with van der Waals surface area (Å²) >= 11 is 0. The number of nitrogens with two attached hydrogens (primary N) is 1. The number of hydrogen-bond donors (Lipinski definition) is 4. The van der Waals surface area contributed by atoms with Crippen molar-refractivity contribution >= 4 is 6.03 Å². The van der Waals surface area contributed by atoms with Crippen LogP contribution in [0.25, 0.3) is 0 Å². The molecule has 0 bridgehead atoms. The van der Waals surface area contributed by atoms with E-state index in [9.17, 15) is 9.90 Å². The third-order valence-electron chi connectivity index (χ3n) is 5.02. The molecule has 0 aromatic heterocycles. The monoisotopic (exact) mass is 387 g/mol. The molecule has 9 heteroatoms. The smallest absolute Gasteiger partial charge is 0.326 e. The number of nitrogens with one attached hydrogen (secondary N) is 2. The van der Waals surface area contributed by atoms with Crippen molar-refractivity contribution in [3.8, 4) is 28.7 Å². The second kappa shape index (κ2) is 7.01. The number of hydrazine groups is 1. The molecule has 0 saturated heterocycles.